The summed E-state index contributed by atoms with van der Waals surface area (Å²) in [6, 6.07) is 12.8. The molecule has 7 rings (SSSR count). The lowest BCUT2D eigenvalue weighted by atomic mass is 9.48. The van der Waals surface area contributed by atoms with E-state index in [1.165, 1.54) is 44.1 Å². The second-order valence-corrected chi connectivity index (χ2v) is 12.3. The van der Waals surface area contributed by atoms with Crippen molar-refractivity contribution in [2.45, 2.75) is 43.9 Å². The van der Waals surface area contributed by atoms with Crippen molar-refractivity contribution < 1.29 is 19.1 Å². The second kappa shape index (κ2) is 9.07. The zero-order valence-electron chi connectivity index (χ0n) is 20.2. The van der Waals surface area contributed by atoms with E-state index in [0.717, 1.165) is 40.0 Å². The molecule has 5 fully saturated rings. The lowest BCUT2D eigenvalue weighted by molar-refractivity contribution is -0.122. The normalized spacial score (nSPS) is 29.9. The number of methoxy groups -OCH3 is 1. The van der Waals surface area contributed by atoms with Crippen LogP contribution in [0.25, 0.3) is 6.08 Å². The van der Waals surface area contributed by atoms with Gasteiger partial charge in [0.05, 0.1) is 18.6 Å². The first-order chi connectivity index (χ1) is 17.3. The van der Waals surface area contributed by atoms with Crippen LogP contribution in [-0.2, 0) is 10.2 Å². The van der Waals surface area contributed by atoms with Crippen LogP contribution in [0, 0.1) is 17.8 Å². The summed E-state index contributed by atoms with van der Waals surface area (Å²) in [5, 5.41) is 0.0788. The number of ketones is 1. The van der Waals surface area contributed by atoms with Crippen LogP contribution >= 0.6 is 23.4 Å². The van der Waals surface area contributed by atoms with Crippen molar-refractivity contribution in [1.29, 1.82) is 0 Å². The molecule has 1 heterocycles. The van der Waals surface area contributed by atoms with Gasteiger partial charge in [-0.15, -0.1) is 0 Å². The van der Waals surface area contributed by atoms with Crippen molar-refractivity contribution in [3.05, 3.63) is 69.1 Å². The van der Waals surface area contributed by atoms with E-state index in [2.05, 4.69) is 12.1 Å². The van der Waals surface area contributed by atoms with Crippen LogP contribution in [0.2, 0.25) is 5.02 Å². The maximum atomic E-state index is 13.1. The highest BCUT2D eigenvalue weighted by Gasteiger charge is 2.51. The fourth-order valence-electron chi connectivity index (χ4n) is 7.29. The van der Waals surface area contributed by atoms with Gasteiger partial charge in [0.25, 0.3) is 11.1 Å². The van der Waals surface area contributed by atoms with Crippen molar-refractivity contribution >= 4 is 46.4 Å². The number of hydrogen-bond donors (Lipinski definition) is 0. The standard InChI is InChI=1S/C29H28ClNO4S/c1-35-25-7-4-22(29-13-17-8-18(14-29)10-19(9-17)15-29)11-21(25)12-26-27(33)31(28(34)36-26)16-24(32)20-2-5-23(30)6-3-20/h2-7,11-12,17-19H,8-10,13-16H2,1H3/b26-12+. The third kappa shape index (κ3) is 4.18. The molecule has 2 amide bonds. The van der Waals surface area contributed by atoms with Crippen molar-refractivity contribution in [3.8, 4) is 5.75 Å². The Morgan fingerprint density at radius 2 is 1.69 bits per heavy atom. The SMILES string of the molecule is COc1ccc(C23CC4CC(CC(C4)C2)C3)cc1/C=C1/SC(=O)N(CC(=O)c2ccc(Cl)cc2)C1=O. The molecule has 1 saturated heterocycles. The quantitative estimate of drug-likeness (QED) is 0.311. The summed E-state index contributed by atoms with van der Waals surface area (Å²) in [7, 11) is 1.62. The Kier molecular flexibility index (Phi) is 6.00. The van der Waals surface area contributed by atoms with Gasteiger partial charge in [-0.05, 0) is 121 Å². The average Bonchev–Trinajstić information content (AvgIpc) is 3.11. The molecule has 4 saturated carbocycles. The van der Waals surface area contributed by atoms with Crippen LogP contribution in [0.5, 0.6) is 5.75 Å². The maximum absolute atomic E-state index is 13.1. The molecular weight excluding hydrogens is 494 g/mol. The Balaban J connectivity index is 1.26. The molecule has 0 unspecified atom stereocenters. The lowest BCUT2D eigenvalue weighted by Crippen LogP contribution is -2.48. The Morgan fingerprint density at radius 3 is 2.31 bits per heavy atom. The zero-order valence-corrected chi connectivity index (χ0v) is 21.7. The number of ether oxygens (including phenoxy) is 1. The average molecular weight is 522 g/mol. The third-order valence-electron chi connectivity index (χ3n) is 8.51. The molecule has 2 aromatic rings. The molecule has 36 heavy (non-hydrogen) atoms. The number of nitrogens with zero attached hydrogens (tertiary/aromatic N) is 1. The van der Waals surface area contributed by atoms with Gasteiger partial charge < -0.3 is 4.74 Å². The molecule has 0 aromatic heterocycles. The van der Waals surface area contributed by atoms with Gasteiger partial charge in [0, 0.05) is 16.1 Å². The molecule has 0 spiro atoms. The molecular formula is C29H28ClNO4S. The van der Waals surface area contributed by atoms with E-state index in [4.69, 9.17) is 16.3 Å². The number of amides is 2. The number of halogens is 1. The maximum Gasteiger partial charge on any atom is 0.293 e. The zero-order chi connectivity index (χ0) is 25.0. The summed E-state index contributed by atoms with van der Waals surface area (Å²) in [6.45, 7) is -0.298. The number of rotatable bonds is 6. The van der Waals surface area contributed by atoms with Crippen molar-refractivity contribution in [3.63, 3.8) is 0 Å². The summed E-state index contributed by atoms with van der Waals surface area (Å²) in [6.07, 6.45) is 9.62. The predicted molar refractivity (Wildman–Crippen MR) is 141 cm³/mol. The molecule has 4 bridgehead atoms. The van der Waals surface area contributed by atoms with Crippen LogP contribution in [0.1, 0.15) is 60.0 Å². The van der Waals surface area contributed by atoms with E-state index in [1.807, 2.05) is 6.07 Å². The first-order valence-corrected chi connectivity index (χ1v) is 13.8. The molecule has 186 valence electrons. The molecule has 7 heteroatoms. The van der Waals surface area contributed by atoms with Gasteiger partial charge in [-0.3, -0.25) is 19.3 Å². The summed E-state index contributed by atoms with van der Waals surface area (Å²) in [5.74, 6) is 2.41. The minimum absolute atomic E-state index is 0.216. The fraction of sp³-hybridized carbons (Fsp3) is 0.414. The van der Waals surface area contributed by atoms with Crippen LogP contribution in [0.3, 0.4) is 0 Å². The molecule has 1 aliphatic heterocycles. The van der Waals surface area contributed by atoms with E-state index in [1.54, 1.807) is 37.5 Å². The smallest absolute Gasteiger partial charge is 0.293 e. The molecule has 0 atom stereocenters. The highest BCUT2D eigenvalue weighted by Crippen LogP contribution is 2.61. The van der Waals surface area contributed by atoms with Gasteiger partial charge in [0.1, 0.15) is 5.75 Å². The van der Waals surface area contributed by atoms with Gasteiger partial charge in [-0.1, -0.05) is 17.7 Å². The molecule has 5 aliphatic rings. The minimum Gasteiger partial charge on any atom is -0.496 e. The van der Waals surface area contributed by atoms with Crippen molar-refractivity contribution in [2.24, 2.45) is 17.8 Å². The van der Waals surface area contributed by atoms with E-state index in [-0.39, 0.29) is 17.7 Å². The topological polar surface area (TPSA) is 63.7 Å². The molecule has 5 nitrogen and oxygen atoms in total. The molecule has 2 aromatic carbocycles. The number of hydrogen-bond acceptors (Lipinski definition) is 5. The molecule has 4 aliphatic carbocycles. The Hall–Kier alpha value is -2.57. The van der Waals surface area contributed by atoms with Crippen molar-refractivity contribution in [2.75, 3.05) is 13.7 Å². The number of carbonyl (C=O) groups excluding carboxylic acids is 3. The lowest BCUT2D eigenvalue weighted by Gasteiger charge is -2.57. The van der Waals surface area contributed by atoms with Crippen LogP contribution in [0.4, 0.5) is 4.79 Å². The summed E-state index contributed by atoms with van der Waals surface area (Å²) >= 11 is 6.77. The minimum atomic E-state index is -0.449. The highest BCUT2D eigenvalue weighted by molar-refractivity contribution is 8.18. The number of benzene rings is 2. The summed E-state index contributed by atoms with van der Waals surface area (Å²) in [5.41, 5.74) is 2.76. The van der Waals surface area contributed by atoms with Crippen LogP contribution in [-0.4, -0.2) is 35.5 Å². The summed E-state index contributed by atoms with van der Waals surface area (Å²) in [4.78, 5) is 39.8. The predicted octanol–water partition coefficient (Wildman–Crippen LogP) is 6.74. The van der Waals surface area contributed by atoms with Gasteiger partial charge in [0.15, 0.2) is 5.78 Å². The Morgan fingerprint density at radius 1 is 1.06 bits per heavy atom. The van der Waals surface area contributed by atoms with Gasteiger partial charge in [-0.2, -0.15) is 0 Å². The van der Waals surface area contributed by atoms with Crippen molar-refractivity contribution in [1.82, 2.24) is 4.90 Å². The fourth-order valence-corrected chi connectivity index (χ4v) is 8.24. The largest absolute Gasteiger partial charge is 0.496 e. The molecule has 0 radical (unpaired) electrons. The second-order valence-electron chi connectivity index (χ2n) is 10.9. The summed E-state index contributed by atoms with van der Waals surface area (Å²) < 4.78 is 5.62. The van der Waals surface area contributed by atoms with E-state index in [0.29, 0.717) is 21.2 Å². The van der Waals surface area contributed by atoms with E-state index < -0.39 is 11.1 Å². The number of thioether (sulfide) groups is 1. The number of Topliss-reactive ketones (excluding diaryl/α,β-unsaturated/α-hetero) is 1. The number of imide groups is 1. The third-order valence-corrected chi connectivity index (χ3v) is 9.67. The Bertz CT molecular complexity index is 1250. The highest BCUT2D eigenvalue weighted by atomic mass is 35.5. The van der Waals surface area contributed by atoms with Gasteiger partial charge >= 0.3 is 0 Å². The van der Waals surface area contributed by atoms with E-state index >= 15 is 0 Å². The van der Waals surface area contributed by atoms with E-state index in [9.17, 15) is 14.4 Å². The first kappa shape index (κ1) is 23.8. The first-order valence-electron chi connectivity index (χ1n) is 12.6. The number of carbonyl (C=O) groups is 3. The van der Waals surface area contributed by atoms with Gasteiger partial charge in [0.2, 0.25) is 0 Å². The molecule has 0 N–H and O–H groups in total. The monoisotopic (exact) mass is 521 g/mol. The van der Waals surface area contributed by atoms with Crippen LogP contribution < -0.4 is 4.74 Å². The van der Waals surface area contributed by atoms with Gasteiger partial charge in [-0.25, -0.2) is 0 Å². The Labute approximate surface area is 220 Å². The van der Waals surface area contributed by atoms with Crippen LogP contribution in [0.15, 0.2) is 47.4 Å².